The van der Waals surface area contributed by atoms with E-state index in [1.807, 2.05) is 0 Å². The van der Waals surface area contributed by atoms with Crippen molar-refractivity contribution in [3.63, 3.8) is 0 Å². The summed E-state index contributed by atoms with van der Waals surface area (Å²) in [6, 6.07) is 2.27. The zero-order chi connectivity index (χ0) is 14.8. The van der Waals surface area contributed by atoms with Gasteiger partial charge in [0.1, 0.15) is 10.6 Å². The molecule has 3 rings (SSSR count). The van der Waals surface area contributed by atoms with Crippen molar-refractivity contribution in [1.29, 1.82) is 0 Å². The second kappa shape index (κ2) is 6.18. The molecule has 1 fully saturated rings. The van der Waals surface area contributed by atoms with Crippen LogP contribution in [0.1, 0.15) is 38.0 Å². The number of fused-ring (bicyclic) bond motifs is 1. The second-order valence-corrected chi connectivity index (χ2v) is 7.02. The van der Waals surface area contributed by atoms with Gasteiger partial charge in [-0.15, -0.1) is 11.3 Å². The number of anilines is 2. The van der Waals surface area contributed by atoms with Crippen molar-refractivity contribution >= 4 is 33.3 Å². The minimum atomic E-state index is 0.770. The maximum absolute atomic E-state index is 4.78. The van der Waals surface area contributed by atoms with Crippen LogP contribution in [0.5, 0.6) is 0 Å². The zero-order valence-corrected chi connectivity index (χ0v) is 14.0. The van der Waals surface area contributed by atoms with E-state index in [4.69, 9.17) is 4.98 Å². The van der Waals surface area contributed by atoms with Crippen molar-refractivity contribution in [2.75, 3.05) is 30.4 Å². The van der Waals surface area contributed by atoms with Crippen molar-refractivity contribution in [3.05, 3.63) is 10.9 Å². The van der Waals surface area contributed by atoms with E-state index in [1.54, 1.807) is 11.3 Å². The number of hydrogen-bond acceptors (Lipinski definition) is 5. The quantitative estimate of drug-likeness (QED) is 0.841. The highest BCUT2D eigenvalue weighted by Crippen LogP contribution is 2.35. The van der Waals surface area contributed by atoms with E-state index >= 15 is 0 Å². The van der Waals surface area contributed by atoms with Gasteiger partial charge in [-0.3, -0.25) is 0 Å². The van der Waals surface area contributed by atoms with Gasteiger partial charge < -0.3 is 10.2 Å². The molecule has 21 heavy (non-hydrogen) atoms. The lowest BCUT2D eigenvalue weighted by Crippen LogP contribution is -2.22. The van der Waals surface area contributed by atoms with Crippen molar-refractivity contribution in [1.82, 2.24) is 9.97 Å². The van der Waals surface area contributed by atoms with Crippen molar-refractivity contribution in [2.24, 2.45) is 5.92 Å². The zero-order valence-electron chi connectivity index (χ0n) is 13.1. The molecule has 4 nitrogen and oxygen atoms in total. The van der Waals surface area contributed by atoms with Gasteiger partial charge in [0, 0.05) is 25.0 Å². The third kappa shape index (κ3) is 3.28. The Morgan fingerprint density at radius 3 is 2.81 bits per heavy atom. The summed E-state index contributed by atoms with van der Waals surface area (Å²) in [6.07, 6.45) is 4.87. The summed E-state index contributed by atoms with van der Waals surface area (Å²) in [7, 11) is 2.16. The highest BCUT2D eigenvalue weighted by atomic mass is 32.1. The number of nitrogens with zero attached hydrogens (tertiary/aromatic N) is 3. The van der Waals surface area contributed by atoms with E-state index in [0.29, 0.717) is 0 Å². The number of aromatic nitrogens is 2. The third-order valence-electron chi connectivity index (χ3n) is 3.90. The van der Waals surface area contributed by atoms with Gasteiger partial charge in [0.25, 0.3) is 0 Å². The van der Waals surface area contributed by atoms with Crippen LogP contribution in [0.2, 0.25) is 0 Å². The van der Waals surface area contributed by atoms with E-state index in [-0.39, 0.29) is 0 Å². The first kappa shape index (κ1) is 14.6. The molecule has 0 spiro atoms. The monoisotopic (exact) mass is 304 g/mol. The first-order valence-electron chi connectivity index (χ1n) is 7.96. The molecule has 0 atom stereocenters. The van der Waals surface area contributed by atoms with Crippen LogP contribution in [-0.4, -0.2) is 30.1 Å². The molecule has 114 valence electrons. The Morgan fingerprint density at radius 2 is 2.14 bits per heavy atom. The van der Waals surface area contributed by atoms with Crippen molar-refractivity contribution in [3.8, 4) is 0 Å². The van der Waals surface area contributed by atoms with Crippen LogP contribution < -0.4 is 10.2 Å². The lowest BCUT2D eigenvalue weighted by Gasteiger charge is -2.19. The molecule has 0 aliphatic heterocycles. The fourth-order valence-electron chi connectivity index (χ4n) is 2.51. The number of rotatable bonds is 7. The molecule has 0 amide bonds. The van der Waals surface area contributed by atoms with Crippen LogP contribution in [0.15, 0.2) is 6.07 Å². The Labute approximate surface area is 130 Å². The number of hydrogen-bond donors (Lipinski definition) is 1. The lowest BCUT2D eigenvalue weighted by molar-refractivity contribution is 0.779. The van der Waals surface area contributed by atoms with Crippen LogP contribution in [0.3, 0.4) is 0 Å². The van der Waals surface area contributed by atoms with Gasteiger partial charge in [0.15, 0.2) is 0 Å². The van der Waals surface area contributed by atoms with Crippen molar-refractivity contribution < 1.29 is 0 Å². The molecule has 1 saturated carbocycles. The molecule has 5 heteroatoms. The standard InChI is InChI=1S/C16H24N4S/c1-4-8-17-16-18-14(20(3)10-11-6-7-11)13-9-12(5-2)21-15(13)19-16/h9,11H,4-8,10H2,1-3H3,(H,17,18,19). The summed E-state index contributed by atoms with van der Waals surface area (Å²) < 4.78 is 0. The Hall–Kier alpha value is -1.36. The SMILES string of the molecule is CCCNc1nc(N(C)CC2CC2)c2cc(CC)sc2n1. The average Bonchev–Trinajstić information content (AvgIpc) is 3.19. The Balaban J connectivity index is 1.97. The maximum atomic E-state index is 4.78. The van der Waals surface area contributed by atoms with Crippen LogP contribution in [0.25, 0.3) is 10.2 Å². The average molecular weight is 304 g/mol. The van der Waals surface area contributed by atoms with E-state index in [9.17, 15) is 0 Å². The number of nitrogens with one attached hydrogen (secondary N) is 1. The van der Waals surface area contributed by atoms with Crippen LogP contribution in [-0.2, 0) is 6.42 Å². The molecule has 0 bridgehead atoms. The van der Waals surface area contributed by atoms with E-state index in [2.05, 4.69) is 42.2 Å². The van der Waals surface area contributed by atoms with Crippen molar-refractivity contribution in [2.45, 2.75) is 39.5 Å². The predicted molar refractivity (Wildman–Crippen MR) is 91.6 cm³/mol. The molecular formula is C16H24N4S. The van der Waals surface area contributed by atoms with E-state index < -0.39 is 0 Å². The smallest absolute Gasteiger partial charge is 0.226 e. The van der Waals surface area contributed by atoms with Gasteiger partial charge in [-0.1, -0.05) is 13.8 Å². The van der Waals surface area contributed by atoms with Gasteiger partial charge >= 0.3 is 0 Å². The normalized spacial score (nSPS) is 14.6. The summed E-state index contributed by atoms with van der Waals surface area (Å²) in [6.45, 7) is 6.38. The predicted octanol–water partition coefficient (Wildman–Crippen LogP) is 3.92. The van der Waals surface area contributed by atoms with Crippen LogP contribution in [0.4, 0.5) is 11.8 Å². The highest BCUT2D eigenvalue weighted by molar-refractivity contribution is 7.18. The van der Waals surface area contributed by atoms with Gasteiger partial charge in [0.2, 0.25) is 5.95 Å². The third-order valence-corrected chi connectivity index (χ3v) is 5.07. The first-order valence-corrected chi connectivity index (χ1v) is 8.78. The molecule has 1 aliphatic carbocycles. The molecule has 0 saturated heterocycles. The lowest BCUT2D eigenvalue weighted by atomic mass is 10.3. The summed E-state index contributed by atoms with van der Waals surface area (Å²) in [5, 5.41) is 4.55. The summed E-state index contributed by atoms with van der Waals surface area (Å²) >= 11 is 1.79. The molecule has 2 aromatic heterocycles. The molecule has 2 aromatic rings. The van der Waals surface area contributed by atoms with Gasteiger partial charge in [0.05, 0.1) is 5.39 Å². The van der Waals surface area contributed by atoms with Crippen LogP contribution in [0, 0.1) is 5.92 Å². The van der Waals surface area contributed by atoms with Gasteiger partial charge in [-0.2, -0.15) is 4.98 Å². The summed E-state index contributed by atoms with van der Waals surface area (Å²) in [5.74, 6) is 2.71. The molecular weight excluding hydrogens is 280 g/mol. The Kier molecular flexibility index (Phi) is 4.29. The fourth-order valence-corrected chi connectivity index (χ4v) is 3.47. The van der Waals surface area contributed by atoms with Crippen LogP contribution >= 0.6 is 11.3 Å². The summed E-state index contributed by atoms with van der Waals surface area (Å²) in [4.78, 5) is 14.3. The molecule has 1 N–H and O–H groups in total. The highest BCUT2D eigenvalue weighted by Gasteiger charge is 2.24. The molecule has 0 unspecified atom stereocenters. The number of thiophene rings is 1. The fraction of sp³-hybridized carbons (Fsp3) is 0.625. The Bertz CT molecular complexity index is 618. The maximum Gasteiger partial charge on any atom is 0.226 e. The minimum Gasteiger partial charge on any atom is -0.359 e. The molecule has 1 aliphatic rings. The Morgan fingerprint density at radius 1 is 1.33 bits per heavy atom. The van der Waals surface area contributed by atoms with E-state index in [1.165, 1.54) is 23.1 Å². The van der Waals surface area contributed by atoms with Gasteiger partial charge in [-0.25, -0.2) is 4.98 Å². The minimum absolute atomic E-state index is 0.770. The second-order valence-electron chi connectivity index (χ2n) is 5.91. The largest absolute Gasteiger partial charge is 0.359 e. The molecule has 0 aromatic carbocycles. The molecule has 0 radical (unpaired) electrons. The number of aryl methyl sites for hydroxylation is 1. The summed E-state index contributed by atoms with van der Waals surface area (Å²) in [5.41, 5.74) is 0. The first-order chi connectivity index (χ1) is 10.2. The van der Waals surface area contributed by atoms with Gasteiger partial charge in [-0.05, 0) is 37.7 Å². The molecule has 2 heterocycles. The topological polar surface area (TPSA) is 41.1 Å². The van der Waals surface area contributed by atoms with E-state index in [0.717, 1.165) is 48.4 Å².